The van der Waals surface area contributed by atoms with Gasteiger partial charge in [0.25, 0.3) is 0 Å². The molecule has 0 fully saturated rings. The lowest BCUT2D eigenvalue weighted by atomic mass is 9.97. The van der Waals surface area contributed by atoms with Gasteiger partial charge in [-0.2, -0.15) is 0 Å². The van der Waals surface area contributed by atoms with Gasteiger partial charge >= 0.3 is 0 Å². The van der Waals surface area contributed by atoms with E-state index in [0.717, 1.165) is 5.56 Å². The Morgan fingerprint density at radius 2 is 1.84 bits per heavy atom. The third kappa shape index (κ3) is 2.38. The van der Waals surface area contributed by atoms with Crippen LogP contribution in [-0.4, -0.2) is 25.0 Å². The number of ether oxygens (including phenoxy) is 2. The van der Waals surface area contributed by atoms with Crippen molar-refractivity contribution in [3.63, 3.8) is 0 Å². The average molecular weight is 339 g/mol. The second-order valence-corrected chi connectivity index (χ2v) is 5.70. The number of furan rings is 1. The Morgan fingerprint density at radius 3 is 2.56 bits per heavy atom. The lowest BCUT2D eigenvalue weighted by molar-refractivity contribution is 0.0857. The zero-order chi connectivity index (χ0) is 17.4. The maximum absolute atomic E-state index is 10.7. The number of hydrogen-bond donors (Lipinski definition) is 1. The summed E-state index contributed by atoms with van der Waals surface area (Å²) in [6.07, 6.45) is 1.84. The highest BCUT2D eigenvalue weighted by molar-refractivity contribution is 6.11. The van der Waals surface area contributed by atoms with Crippen LogP contribution in [0, 0.1) is 0 Å². The first-order valence-electron chi connectivity index (χ1n) is 7.86. The first-order valence-corrected chi connectivity index (χ1v) is 7.86. The predicted octanol–water partition coefficient (Wildman–Crippen LogP) is 4.02. The fraction of sp³-hybridized carbons (Fsp3) is 0.211. The minimum Gasteiger partial charge on any atom is -0.504 e. The van der Waals surface area contributed by atoms with E-state index in [1.165, 1.54) is 13.4 Å². The van der Waals surface area contributed by atoms with E-state index in [2.05, 4.69) is 5.16 Å². The van der Waals surface area contributed by atoms with E-state index in [9.17, 15) is 5.11 Å². The van der Waals surface area contributed by atoms with E-state index >= 15 is 0 Å². The summed E-state index contributed by atoms with van der Waals surface area (Å²) in [5, 5.41) is 15.6. The molecule has 1 aromatic heterocycles. The molecule has 1 unspecified atom stereocenters. The fourth-order valence-electron chi connectivity index (χ4n) is 3.17. The smallest absolute Gasteiger partial charge is 0.205 e. The highest BCUT2D eigenvalue weighted by Crippen LogP contribution is 2.47. The van der Waals surface area contributed by atoms with Gasteiger partial charge in [0.1, 0.15) is 5.75 Å². The van der Waals surface area contributed by atoms with Gasteiger partial charge in [-0.3, -0.25) is 0 Å². The molecule has 3 aromatic rings. The van der Waals surface area contributed by atoms with Crippen LogP contribution in [0.15, 0.2) is 52.2 Å². The Bertz CT molecular complexity index is 945. The Kier molecular flexibility index (Phi) is 3.72. The SMILES string of the molecule is COc1c(C2=NOC(c3ccccc3)C2)c(O)c(OC)c2occc12. The van der Waals surface area contributed by atoms with E-state index in [4.69, 9.17) is 18.7 Å². The molecular weight excluding hydrogens is 322 g/mol. The zero-order valence-corrected chi connectivity index (χ0v) is 13.9. The normalized spacial score (nSPS) is 16.6. The number of benzene rings is 2. The third-order valence-corrected chi connectivity index (χ3v) is 4.33. The molecule has 0 radical (unpaired) electrons. The maximum Gasteiger partial charge on any atom is 0.205 e. The summed E-state index contributed by atoms with van der Waals surface area (Å²) in [7, 11) is 3.02. The van der Waals surface area contributed by atoms with Crippen LogP contribution < -0.4 is 9.47 Å². The topological polar surface area (TPSA) is 73.4 Å². The van der Waals surface area contributed by atoms with Crippen LogP contribution in [0.5, 0.6) is 17.2 Å². The number of oxime groups is 1. The summed E-state index contributed by atoms with van der Waals surface area (Å²) >= 11 is 0. The van der Waals surface area contributed by atoms with Gasteiger partial charge in [0, 0.05) is 6.42 Å². The van der Waals surface area contributed by atoms with Gasteiger partial charge in [0.15, 0.2) is 17.4 Å². The van der Waals surface area contributed by atoms with Crippen molar-refractivity contribution in [1.82, 2.24) is 0 Å². The number of phenolic OH excluding ortho intramolecular Hbond substituents is 1. The molecule has 128 valence electrons. The molecule has 0 saturated carbocycles. The molecule has 1 aliphatic heterocycles. The predicted molar refractivity (Wildman–Crippen MR) is 92.4 cm³/mol. The van der Waals surface area contributed by atoms with Crippen molar-refractivity contribution in [3.8, 4) is 17.2 Å². The minimum absolute atomic E-state index is 0.0714. The molecule has 0 bridgehead atoms. The Labute approximate surface area is 144 Å². The molecule has 0 saturated heterocycles. The van der Waals surface area contributed by atoms with Gasteiger partial charge in [-0.25, -0.2) is 0 Å². The van der Waals surface area contributed by atoms with E-state index in [0.29, 0.717) is 34.4 Å². The standard InChI is InChI=1S/C19H17NO5/c1-22-17-12-8-9-24-18(12)19(23-2)16(21)15(17)13-10-14(25-20-13)11-6-4-3-5-7-11/h3-9,14,21H,10H2,1-2H3. The number of nitrogens with zero attached hydrogens (tertiary/aromatic N) is 1. The molecule has 0 amide bonds. The van der Waals surface area contributed by atoms with E-state index in [1.54, 1.807) is 13.2 Å². The minimum atomic E-state index is -0.202. The molecule has 4 rings (SSSR count). The van der Waals surface area contributed by atoms with Crippen molar-refractivity contribution >= 4 is 16.7 Å². The van der Waals surface area contributed by atoms with Crippen molar-refractivity contribution in [3.05, 3.63) is 53.8 Å². The van der Waals surface area contributed by atoms with Crippen molar-refractivity contribution in [2.75, 3.05) is 14.2 Å². The van der Waals surface area contributed by atoms with Gasteiger partial charge < -0.3 is 23.8 Å². The largest absolute Gasteiger partial charge is 0.504 e. The number of hydrogen-bond acceptors (Lipinski definition) is 6. The number of phenols is 1. The Balaban J connectivity index is 1.80. The van der Waals surface area contributed by atoms with Gasteiger partial charge in [0.2, 0.25) is 5.75 Å². The Hall–Kier alpha value is -3.15. The first kappa shape index (κ1) is 15.4. The maximum atomic E-state index is 10.7. The first-order chi connectivity index (χ1) is 12.2. The summed E-state index contributed by atoms with van der Waals surface area (Å²) in [5.74, 6) is 0.664. The number of fused-ring (bicyclic) bond motifs is 1. The number of rotatable bonds is 4. The summed E-state index contributed by atoms with van der Waals surface area (Å²) in [4.78, 5) is 5.58. The van der Waals surface area contributed by atoms with Crippen LogP contribution in [0.4, 0.5) is 0 Å². The molecule has 2 aromatic carbocycles. The van der Waals surface area contributed by atoms with Gasteiger partial charge in [-0.15, -0.1) is 0 Å². The van der Waals surface area contributed by atoms with Gasteiger partial charge in [0.05, 0.1) is 37.1 Å². The summed E-state index contributed by atoms with van der Waals surface area (Å²) in [6.45, 7) is 0. The molecule has 1 atom stereocenters. The average Bonchev–Trinajstić information content (AvgIpc) is 3.31. The summed E-state index contributed by atoms with van der Waals surface area (Å²) in [6, 6.07) is 11.6. The number of methoxy groups -OCH3 is 2. The van der Waals surface area contributed by atoms with Crippen LogP contribution in [0.25, 0.3) is 11.0 Å². The summed E-state index contributed by atoms with van der Waals surface area (Å²) < 4.78 is 16.3. The van der Waals surface area contributed by atoms with E-state index in [-0.39, 0.29) is 17.6 Å². The van der Waals surface area contributed by atoms with Crippen LogP contribution in [0.1, 0.15) is 23.7 Å². The summed E-state index contributed by atoms with van der Waals surface area (Å²) in [5.41, 5.74) is 2.52. The van der Waals surface area contributed by atoms with Gasteiger partial charge in [-0.1, -0.05) is 35.5 Å². The third-order valence-electron chi connectivity index (χ3n) is 4.33. The zero-order valence-electron chi connectivity index (χ0n) is 13.9. The quantitative estimate of drug-likeness (QED) is 0.777. The molecule has 6 nitrogen and oxygen atoms in total. The molecule has 2 heterocycles. The highest BCUT2D eigenvalue weighted by Gasteiger charge is 2.31. The second-order valence-electron chi connectivity index (χ2n) is 5.70. The molecule has 1 aliphatic rings. The molecule has 1 N–H and O–H groups in total. The van der Waals surface area contributed by atoms with Crippen molar-refractivity contribution in [2.45, 2.75) is 12.5 Å². The van der Waals surface area contributed by atoms with Crippen LogP contribution in [-0.2, 0) is 4.84 Å². The lowest BCUT2D eigenvalue weighted by Crippen LogP contribution is -2.05. The van der Waals surface area contributed by atoms with Crippen LogP contribution in [0.2, 0.25) is 0 Å². The highest BCUT2D eigenvalue weighted by atomic mass is 16.6. The van der Waals surface area contributed by atoms with Crippen molar-refractivity contribution in [2.24, 2.45) is 5.16 Å². The number of aromatic hydroxyl groups is 1. The Morgan fingerprint density at radius 1 is 1.08 bits per heavy atom. The van der Waals surface area contributed by atoms with Crippen molar-refractivity contribution < 1.29 is 23.8 Å². The lowest BCUT2D eigenvalue weighted by Gasteiger charge is -2.14. The van der Waals surface area contributed by atoms with Gasteiger partial charge in [-0.05, 0) is 11.6 Å². The second kappa shape index (κ2) is 6.05. The van der Waals surface area contributed by atoms with Crippen LogP contribution in [0.3, 0.4) is 0 Å². The molecule has 25 heavy (non-hydrogen) atoms. The van der Waals surface area contributed by atoms with E-state index in [1.807, 2.05) is 30.3 Å². The molecule has 0 aliphatic carbocycles. The molecule has 0 spiro atoms. The van der Waals surface area contributed by atoms with E-state index < -0.39 is 0 Å². The molecular formula is C19H17NO5. The fourth-order valence-corrected chi connectivity index (χ4v) is 3.17. The molecule has 6 heteroatoms. The monoisotopic (exact) mass is 339 g/mol. The van der Waals surface area contributed by atoms with Crippen LogP contribution >= 0.6 is 0 Å². The van der Waals surface area contributed by atoms with Crippen molar-refractivity contribution in [1.29, 1.82) is 0 Å².